The summed E-state index contributed by atoms with van der Waals surface area (Å²) in [7, 11) is 0. The summed E-state index contributed by atoms with van der Waals surface area (Å²) in [5.41, 5.74) is 1.73. The number of aliphatic imine (C=N–C) groups is 1. The van der Waals surface area contributed by atoms with Crippen LogP contribution in [0.25, 0.3) is 0 Å². The van der Waals surface area contributed by atoms with E-state index in [0.717, 1.165) is 44.1 Å². The maximum Gasteiger partial charge on any atom is 0.253 e. The number of amides is 1. The Morgan fingerprint density at radius 1 is 1.21 bits per heavy atom. The second kappa shape index (κ2) is 11.8. The van der Waals surface area contributed by atoms with E-state index >= 15 is 0 Å². The Hall–Kier alpha value is -2.12. The summed E-state index contributed by atoms with van der Waals surface area (Å²) >= 11 is 0. The van der Waals surface area contributed by atoms with Crippen molar-refractivity contribution in [3.8, 4) is 0 Å². The van der Waals surface area contributed by atoms with Crippen molar-refractivity contribution in [1.29, 1.82) is 0 Å². The van der Waals surface area contributed by atoms with Crippen molar-refractivity contribution >= 4 is 11.9 Å². The smallest absolute Gasteiger partial charge is 0.253 e. The van der Waals surface area contributed by atoms with Gasteiger partial charge in [-0.3, -0.25) is 4.79 Å². The number of aliphatic hydroxyl groups is 1. The lowest BCUT2D eigenvalue weighted by atomic mass is 9.84. The van der Waals surface area contributed by atoms with E-state index in [-0.39, 0.29) is 17.9 Å². The summed E-state index contributed by atoms with van der Waals surface area (Å²) in [6.07, 6.45) is 1.67. The molecule has 3 N–H and O–H groups in total. The quantitative estimate of drug-likeness (QED) is 0.410. The normalized spacial score (nSPS) is 19.2. The Balaban J connectivity index is 1.98. The predicted octanol–water partition coefficient (Wildman–Crippen LogP) is 2.01. The molecule has 0 aromatic heterocycles. The lowest BCUT2D eigenvalue weighted by Crippen LogP contribution is -2.44. The van der Waals surface area contributed by atoms with Gasteiger partial charge in [0.25, 0.3) is 5.91 Å². The summed E-state index contributed by atoms with van der Waals surface area (Å²) in [5.74, 6) is 0.813. The van der Waals surface area contributed by atoms with Crippen LogP contribution in [0.3, 0.4) is 0 Å². The number of nitrogens with zero attached hydrogens (tertiary/aromatic N) is 2. The monoisotopic (exact) mass is 404 g/mol. The molecule has 1 aliphatic heterocycles. The van der Waals surface area contributed by atoms with Crippen molar-refractivity contribution in [1.82, 2.24) is 15.5 Å². The lowest BCUT2D eigenvalue weighted by Gasteiger charge is -2.27. The first-order valence-electron chi connectivity index (χ1n) is 10.7. The van der Waals surface area contributed by atoms with Gasteiger partial charge in [0.15, 0.2) is 5.96 Å². The second-order valence-electron chi connectivity index (χ2n) is 7.50. The molecule has 0 aliphatic carbocycles. The van der Waals surface area contributed by atoms with Crippen LogP contribution >= 0.6 is 0 Å². The van der Waals surface area contributed by atoms with Crippen molar-refractivity contribution in [2.24, 2.45) is 10.4 Å². The molecule has 162 valence electrons. The SMILES string of the molecule is CCNC(=NCc1ccc(C(=O)N(CC)CC)cc1)NCC1(CCO)CCOC1. The van der Waals surface area contributed by atoms with Gasteiger partial charge in [-0.2, -0.15) is 0 Å². The zero-order valence-electron chi connectivity index (χ0n) is 18.0. The fourth-order valence-corrected chi connectivity index (χ4v) is 3.54. The van der Waals surface area contributed by atoms with Crippen LogP contribution in [0.2, 0.25) is 0 Å². The highest BCUT2D eigenvalue weighted by Gasteiger charge is 2.34. The van der Waals surface area contributed by atoms with Gasteiger partial charge >= 0.3 is 0 Å². The van der Waals surface area contributed by atoms with Crippen molar-refractivity contribution in [3.05, 3.63) is 35.4 Å². The lowest BCUT2D eigenvalue weighted by molar-refractivity contribution is 0.0773. The first-order valence-corrected chi connectivity index (χ1v) is 10.7. The van der Waals surface area contributed by atoms with Crippen LogP contribution in [0.4, 0.5) is 0 Å². The first-order chi connectivity index (χ1) is 14.1. The zero-order chi connectivity index (χ0) is 21.1. The van der Waals surface area contributed by atoms with E-state index in [9.17, 15) is 9.90 Å². The predicted molar refractivity (Wildman–Crippen MR) is 116 cm³/mol. The molecule has 1 aromatic rings. The Bertz CT molecular complexity index is 651. The zero-order valence-corrected chi connectivity index (χ0v) is 18.0. The largest absolute Gasteiger partial charge is 0.396 e. The van der Waals surface area contributed by atoms with Crippen LogP contribution in [0.5, 0.6) is 0 Å². The van der Waals surface area contributed by atoms with E-state index in [1.165, 1.54) is 0 Å². The fraction of sp³-hybridized carbons (Fsp3) is 0.636. The van der Waals surface area contributed by atoms with Crippen LogP contribution in [0, 0.1) is 5.41 Å². The number of rotatable bonds is 10. The summed E-state index contributed by atoms with van der Waals surface area (Å²) in [6, 6.07) is 7.67. The molecule has 1 saturated heterocycles. The third-order valence-corrected chi connectivity index (χ3v) is 5.47. The molecule has 7 heteroatoms. The molecule has 0 saturated carbocycles. The second-order valence-corrected chi connectivity index (χ2v) is 7.50. The molecule has 29 heavy (non-hydrogen) atoms. The van der Waals surface area contributed by atoms with Gasteiger partial charge in [-0.1, -0.05) is 12.1 Å². The molecular formula is C22H36N4O3. The Labute approximate surface area is 174 Å². The van der Waals surface area contributed by atoms with Gasteiger partial charge < -0.3 is 25.4 Å². The third kappa shape index (κ3) is 6.72. The minimum atomic E-state index is -0.0304. The number of carbonyl (C=O) groups is 1. The summed E-state index contributed by atoms with van der Waals surface area (Å²) in [5, 5.41) is 16.1. The third-order valence-electron chi connectivity index (χ3n) is 5.47. The average Bonchev–Trinajstić information content (AvgIpc) is 3.20. The van der Waals surface area contributed by atoms with Crippen molar-refractivity contribution in [2.75, 3.05) is 46.0 Å². The van der Waals surface area contributed by atoms with Gasteiger partial charge in [0.1, 0.15) is 0 Å². The Morgan fingerprint density at radius 3 is 2.48 bits per heavy atom. The van der Waals surface area contributed by atoms with E-state index in [0.29, 0.717) is 31.8 Å². The molecule has 1 amide bonds. The number of hydrogen-bond acceptors (Lipinski definition) is 4. The molecule has 1 aliphatic rings. The van der Waals surface area contributed by atoms with E-state index in [1.807, 2.05) is 49.9 Å². The molecule has 0 spiro atoms. The maximum atomic E-state index is 12.4. The molecule has 1 unspecified atom stereocenters. The molecule has 1 aromatic carbocycles. The number of ether oxygens (including phenoxy) is 1. The highest BCUT2D eigenvalue weighted by atomic mass is 16.5. The minimum absolute atomic E-state index is 0.0304. The Morgan fingerprint density at radius 2 is 1.93 bits per heavy atom. The van der Waals surface area contributed by atoms with E-state index in [4.69, 9.17) is 4.74 Å². The van der Waals surface area contributed by atoms with E-state index in [2.05, 4.69) is 15.6 Å². The van der Waals surface area contributed by atoms with Gasteiger partial charge in [0.05, 0.1) is 13.2 Å². The van der Waals surface area contributed by atoms with Crippen LogP contribution in [0.15, 0.2) is 29.3 Å². The summed E-state index contributed by atoms with van der Waals surface area (Å²) in [4.78, 5) is 18.9. The van der Waals surface area contributed by atoms with Gasteiger partial charge in [0.2, 0.25) is 0 Å². The number of carbonyl (C=O) groups excluding carboxylic acids is 1. The van der Waals surface area contributed by atoms with E-state index in [1.54, 1.807) is 0 Å². The molecule has 0 bridgehead atoms. The molecule has 1 atom stereocenters. The molecule has 0 radical (unpaired) electrons. The van der Waals surface area contributed by atoms with Crippen molar-refractivity contribution in [3.63, 3.8) is 0 Å². The van der Waals surface area contributed by atoms with Gasteiger partial charge in [-0.15, -0.1) is 0 Å². The average molecular weight is 405 g/mol. The number of hydrogen-bond donors (Lipinski definition) is 3. The van der Waals surface area contributed by atoms with Crippen LogP contribution in [-0.2, 0) is 11.3 Å². The number of benzene rings is 1. The van der Waals surface area contributed by atoms with Crippen molar-refractivity contribution in [2.45, 2.75) is 40.2 Å². The maximum absolute atomic E-state index is 12.4. The molecule has 1 fully saturated rings. The van der Waals surface area contributed by atoms with Gasteiger partial charge in [-0.05, 0) is 51.3 Å². The van der Waals surface area contributed by atoms with Crippen LogP contribution in [0.1, 0.15) is 49.5 Å². The number of nitrogens with one attached hydrogen (secondary N) is 2. The molecule has 2 rings (SSSR count). The molecule has 1 heterocycles. The summed E-state index contributed by atoms with van der Waals surface area (Å²) < 4.78 is 5.56. The highest BCUT2D eigenvalue weighted by Crippen LogP contribution is 2.31. The van der Waals surface area contributed by atoms with Crippen LogP contribution < -0.4 is 10.6 Å². The van der Waals surface area contributed by atoms with Gasteiger partial charge in [0, 0.05) is 50.4 Å². The topological polar surface area (TPSA) is 86.2 Å². The summed E-state index contributed by atoms with van der Waals surface area (Å²) in [6.45, 7) is 11.0. The van der Waals surface area contributed by atoms with Crippen LogP contribution in [-0.4, -0.2) is 67.9 Å². The van der Waals surface area contributed by atoms with E-state index < -0.39 is 0 Å². The minimum Gasteiger partial charge on any atom is -0.396 e. The Kier molecular flexibility index (Phi) is 9.41. The molecular weight excluding hydrogens is 368 g/mol. The highest BCUT2D eigenvalue weighted by molar-refractivity contribution is 5.94. The number of aliphatic hydroxyl groups excluding tert-OH is 1. The van der Waals surface area contributed by atoms with Gasteiger partial charge in [-0.25, -0.2) is 4.99 Å². The fourth-order valence-electron chi connectivity index (χ4n) is 3.54. The molecule has 7 nitrogen and oxygen atoms in total. The standard InChI is InChI=1S/C22H36N4O3/c1-4-23-21(25-16-22(11-13-27)12-14-29-17-22)24-15-18-7-9-19(10-8-18)20(28)26(5-2)6-3/h7-10,27H,4-6,11-17H2,1-3H3,(H2,23,24,25). The van der Waals surface area contributed by atoms with Crippen molar-refractivity contribution < 1.29 is 14.6 Å². The first kappa shape index (κ1) is 23.2. The number of guanidine groups is 1.